The van der Waals surface area contributed by atoms with Gasteiger partial charge in [0.05, 0.1) is 18.0 Å². The summed E-state index contributed by atoms with van der Waals surface area (Å²) in [6.45, 7) is 4.83. The quantitative estimate of drug-likeness (QED) is 0.494. The number of pyridine rings is 1. The number of carbonyl (C=O) groups excluding carboxylic acids is 1. The molecule has 1 amide bonds. The predicted octanol–water partition coefficient (Wildman–Crippen LogP) is 4.76. The van der Waals surface area contributed by atoms with E-state index in [-0.39, 0.29) is 5.91 Å². The van der Waals surface area contributed by atoms with Crippen molar-refractivity contribution in [2.45, 2.75) is 40.7 Å². The van der Waals surface area contributed by atoms with Gasteiger partial charge < -0.3 is 5.32 Å². The molecule has 0 bridgehead atoms. The number of hydrogen-bond acceptors (Lipinski definition) is 7. The number of benzene rings is 1. The summed E-state index contributed by atoms with van der Waals surface area (Å²) in [4.78, 5) is 16.2. The molecule has 0 radical (unpaired) electrons. The molecule has 0 fully saturated rings. The molecular weight excluding hydrogens is 408 g/mol. The minimum atomic E-state index is -0.0368. The lowest BCUT2D eigenvalue weighted by Crippen LogP contribution is -2.24. The molecule has 0 saturated heterocycles. The Labute approximate surface area is 177 Å². The third-order valence-electron chi connectivity index (χ3n) is 3.92. The first-order chi connectivity index (χ1) is 13.6. The summed E-state index contributed by atoms with van der Waals surface area (Å²) >= 11 is 4.61. The van der Waals surface area contributed by atoms with Gasteiger partial charge in [0.1, 0.15) is 0 Å². The van der Waals surface area contributed by atoms with Gasteiger partial charge in [-0.2, -0.15) is 0 Å². The van der Waals surface area contributed by atoms with Crippen molar-refractivity contribution < 1.29 is 4.79 Å². The molecule has 0 spiro atoms. The first-order valence-electron chi connectivity index (χ1n) is 8.94. The molecule has 0 saturated carbocycles. The third-order valence-corrected chi connectivity index (χ3v) is 7.18. The Kier molecular flexibility index (Phi) is 7.88. The van der Waals surface area contributed by atoms with Gasteiger partial charge in [-0.1, -0.05) is 79.0 Å². The van der Waals surface area contributed by atoms with Crippen molar-refractivity contribution >= 4 is 40.8 Å². The summed E-state index contributed by atoms with van der Waals surface area (Å²) in [6, 6.07) is 14.4. The van der Waals surface area contributed by atoms with Crippen LogP contribution in [0.25, 0.3) is 0 Å². The Morgan fingerprint density at radius 1 is 1.07 bits per heavy atom. The summed E-state index contributed by atoms with van der Waals surface area (Å²) in [5.41, 5.74) is 3.47. The first-order valence-corrected chi connectivity index (χ1v) is 11.7. The normalized spacial score (nSPS) is 11.0. The summed E-state index contributed by atoms with van der Waals surface area (Å²) < 4.78 is 1.73. The maximum atomic E-state index is 12.0. The van der Waals surface area contributed by atoms with Gasteiger partial charge >= 0.3 is 0 Å². The van der Waals surface area contributed by atoms with Gasteiger partial charge in [0.15, 0.2) is 8.68 Å². The smallest absolute Gasteiger partial charge is 0.230 e. The predicted molar refractivity (Wildman–Crippen MR) is 117 cm³/mol. The van der Waals surface area contributed by atoms with Crippen LogP contribution in [0.2, 0.25) is 0 Å². The molecule has 8 heteroatoms. The van der Waals surface area contributed by atoms with Crippen LogP contribution < -0.4 is 5.32 Å². The van der Waals surface area contributed by atoms with E-state index in [9.17, 15) is 4.79 Å². The SMILES string of the molecule is CC(C)c1ccc(CSc2nnc(SCC(=O)NCc3ccccn3)s2)cc1. The van der Waals surface area contributed by atoms with E-state index in [1.807, 2.05) is 18.2 Å². The fourth-order valence-electron chi connectivity index (χ4n) is 2.33. The van der Waals surface area contributed by atoms with E-state index in [0.29, 0.717) is 18.2 Å². The first kappa shape index (κ1) is 20.8. The molecule has 2 aromatic heterocycles. The van der Waals surface area contributed by atoms with Crippen molar-refractivity contribution in [3.05, 3.63) is 65.5 Å². The fraction of sp³-hybridized carbons (Fsp3) is 0.300. The Bertz CT molecular complexity index is 882. The second-order valence-electron chi connectivity index (χ2n) is 6.41. The van der Waals surface area contributed by atoms with Crippen LogP contribution >= 0.6 is 34.9 Å². The van der Waals surface area contributed by atoms with Gasteiger partial charge in [0.2, 0.25) is 5.91 Å². The van der Waals surface area contributed by atoms with Gasteiger partial charge in [0, 0.05) is 11.9 Å². The van der Waals surface area contributed by atoms with Crippen LogP contribution in [0.4, 0.5) is 0 Å². The molecule has 0 aliphatic rings. The molecule has 0 atom stereocenters. The topological polar surface area (TPSA) is 67.8 Å². The van der Waals surface area contributed by atoms with E-state index in [0.717, 1.165) is 20.1 Å². The van der Waals surface area contributed by atoms with Crippen LogP contribution in [-0.4, -0.2) is 26.8 Å². The van der Waals surface area contributed by atoms with Crippen LogP contribution in [0.3, 0.4) is 0 Å². The number of carbonyl (C=O) groups is 1. The van der Waals surface area contributed by atoms with E-state index in [4.69, 9.17) is 0 Å². The highest BCUT2D eigenvalue weighted by Gasteiger charge is 2.09. The van der Waals surface area contributed by atoms with Crippen LogP contribution in [-0.2, 0) is 17.1 Å². The molecule has 0 aliphatic heterocycles. The van der Waals surface area contributed by atoms with Crippen molar-refractivity contribution in [2.24, 2.45) is 0 Å². The third kappa shape index (κ3) is 6.61. The molecule has 1 aromatic carbocycles. The Balaban J connectivity index is 1.40. The monoisotopic (exact) mass is 430 g/mol. The molecule has 1 N–H and O–H groups in total. The lowest BCUT2D eigenvalue weighted by atomic mass is 10.0. The van der Waals surface area contributed by atoms with Gasteiger partial charge in [-0.3, -0.25) is 9.78 Å². The minimum absolute atomic E-state index is 0.0368. The van der Waals surface area contributed by atoms with Gasteiger partial charge in [-0.25, -0.2) is 0 Å². The van der Waals surface area contributed by atoms with Crippen LogP contribution in [0.15, 0.2) is 57.3 Å². The van der Waals surface area contributed by atoms with E-state index in [2.05, 4.69) is 58.6 Å². The van der Waals surface area contributed by atoms with Crippen molar-refractivity contribution in [3.63, 3.8) is 0 Å². The van der Waals surface area contributed by atoms with Gasteiger partial charge in [-0.15, -0.1) is 10.2 Å². The van der Waals surface area contributed by atoms with Crippen LogP contribution in [0, 0.1) is 0 Å². The highest BCUT2D eigenvalue weighted by atomic mass is 32.2. The second-order valence-corrected chi connectivity index (χ2v) is 9.83. The van der Waals surface area contributed by atoms with E-state index in [1.165, 1.54) is 34.2 Å². The number of amides is 1. The zero-order chi connectivity index (χ0) is 19.8. The van der Waals surface area contributed by atoms with Crippen LogP contribution in [0.1, 0.15) is 36.6 Å². The maximum Gasteiger partial charge on any atom is 0.230 e. The summed E-state index contributed by atoms with van der Waals surface area (Å²) in [5.74, 6) is 1.70. The molecule has 2 heterocycles. The van der Waals surface area contributed by atoms with Crippen molar-refractivity contribution in [3.8, 4) is 0 Å². The number of rotatable bonds is 9. The zero-order valence-corrected chi connectivity index (χ0v) is 18.2. The minimum Gasteiger partial charge on any atom is -0.350 e. The number of nitrogens with zero attached hydrogens (tertiary/aromatic N) is 3. The summed E-state index contributed by atoms with van der Waals surface area (Å²) in [5, 5.41) is 11.3. The lowest BCUT2D eigenvalue weighted by Gasteiger charge is -2.06. The van der Waals surface area contributed by atoms with Crippen molar-refractivity contribution in [2.75, 3.05) is 5.75 Å². The number of hydrogen-bond donors (Lipinski definition) is 1. The summed E-state index contributed by atoms with van der Waals surface area (Å²) in [6.07, 6.45) is 1.72. The molecule has 3 aromatic rings. The van der Waals surface area contributed by atoms with Crippen molar-refractivity contribution in [1.29, 1.82) is 0 Å². The Morgan fingerprint density at radius 3 is 2.50 bits per heavy atom. The molecule has 5 nitrogen and oxygen atoms in total. The molecule has 28 heavy (non-hydrogen) atoms. The molecule has 146 valence electrons. The largest absolute Gasteiger partial charge is 0.350 e. The Hall–Kier alpha value is -1.90. The Morgan fingerprint density at radius 2 is 1.82 bits per heavy atom. The number of thioether (sulfide) groups is 2. The van der Waals surface area contributed by atoms with Gasteiger partial charge in [-0.05, 0) is 29.2 Å². The fourth-order valence-corrected chi connectivity index (χ4v) is 5.13. The van der Waals surface area contributed by atoms with E-state index >= 15 is 0 Å². The highest BCUT2D eigenvalue weighted by molar-refractivity contribution is 8.03. The second kappa shape index (κ2) is 10.6. The van der Waals surface area contributed by atoms with Gasteiger partial charge in [0.25, 0.3) is 0 Å². The molecule has 3 rings (SSSR count). The van der Waals surface area contributed by atoms with E-state index < -0.39 is 0 Å². The average Bonchev–Trinajstić information content (AvgIpc) is 3.18. The standard InChI is InChI=1S/C20H22N4OS3/c1-14(2)16-8-6-15(7-9-16)12-26-19-23-24-20(28-19)27-13-18(25)22-11-17-5-3-4-10-21-17/h3-10,14H,11-13H2,1-2H3,(H,22,25). The highest BCUT2D eigenvalue weighted by Crippen LogP contribution is 2.30. The number of aromatic nitrogens is 3. The maximum absolute atomic E-state index is 12.0. The van der Waals surface area contributed by atoms with Crippen molar-refractivity contribution in [1.82, 2.24) is 20.5 Å². The summed E-state index contributed by atoms with van der Waals surface area (Å²) in [7, 11) is 0. The molecule has 0 unspecified atom stereocenters. The average molecular weight is 431 g/mol. The lowest BCUT2D eigenvalue weighted by molar-refractivity contribution is -0.118. The number of nitrogens with one attached hydrogen (secondary N) is 1. The van der Waals surface area contributed by atoms with E-state index in [1.54, 1.807) is 18.0 Å². The molecule has 0 aliphatic carbocycles. The van der Waals surface area contributed by atoms with Crippen LogP contribution in [0.5, 0.6) is 0 Å². The zero-order valence-electron chi connectivity index (χ0n) is 15.8. The molecular formula is C20H22N4OS3.